The summed E-state index contributed by atoms with van der Waals surface area (Å²) in [4.78, 5) is 27.0. The Hall–Kier alpha value is -2.82. The van der Waals surface area contributed by atoms with Gasteiger partial charge in [-0.2, -0.15) is 0 Å². The quantitative estimate of drug-likeness (QED) is 0.806. The van der Waals surface area contributed by atoms with Crippen LogP contribution in [0, 0.1) is 0 Å². The number of para-hydroxylation sites is 1. The molecule has 2 amide bonds. The Morgan fingerprint density at radius 1 is 0.966 bits per heavy atom. The normalized spacial score (nSPS) is 15.8. The van der Waals surface area contributed by atoms with E-state index in [9.17, 15) is 9.59 Å². The van der Waals surface area contributed by atoms with Crippen LogP contribution in [-0.2, 0) is 4.79 Å². The van der Waals surface area contributed by atoms with Gasteiger partial charge in [-0.15, -0.1) is 0 Å². The van der Waals surface area contributed by atoms with Crippen molar-refractivity contribution in [1.29, 1.82) is 0 Å². The molecule has 1 atom stereocenters. The van der Waals surface area contributed by atoms with Crippen LogP contribution in [0.5, 0.6) is 5.75 Å². The fourth-order valence-electron chi connectivity index (χ4n) is 3.62. The fourth-order valence-corrected chi connectivity index (χ4v) is 3.62. The number of rotatable bonds is 6. The number of hydrogen-bond donors (Lipinski definition) is 1. The molecule has 1 saturated heterocycles. The molecule has 1 unspecified atom stereocenters. The third-order valence-corrected chi connectivity index (χ3v) is 5.36. The zero-order valence-corrected chi connectivity index (χ0v) is 17.4. The Balaban J connectivity index is 1.50. The predicted molar refractivity (Wildman–Crippen MR) is 114 cm³/mol. The molecule has 0 aliphatic carbocycles. The molecule has 5 nitrogen and oxygen atoms in total. The molecule has 1 N–H and O–H groups in total. The highest BCUT2D eigenvalue weighted by Crippen LogP contribution is 2.26. The summed E-state index contributed by atoms with van der Waals surface area (Å²) in [5.41, 5.74) is 1.81. The minimum Gasteiger partial charge on any atom is -0.481 e. The van der Waals surface area contributed by atoms with Crippen LogP contribution in [0.4, 0.5) is 0 Å². The van der Waals surface area contributed by atoms with Crippen molar-refractivity contribution in [2.24, 2.45) is 0 Å². The van der Waals surface area contributed by atoms with Crippen molar-refractivity contribution in [1.82, 2.24) is 10.2 Å². The lowest BCUT2D eigenvalue weighted by Crippen LogP contribution is -2.49. The number of carbonyl (C=O) groups excluding carboxylic acids is 2. The van der Waals surface area contributed by atoms with Gasteiger partial charge in [-0.3, -0.25) is 9.59 Å². The van der Waals surface area contributed by atoms with Crippen molar-refractivity contribution < 1.29 is 14.3 Å². The van der Waals surface area contributed by atoms with Crippen LogP contribution in [0.15, 0.2) is 54.6 Å². The van der Waals surface area contributed by atoms with E-state index in [4.69, 9.17) is 4.74 Å². The summed E-state index contributed by atoms with van der Waals surface area (Å²) < 4.78 is 5.95. The van der Waals surface area contributed by atoms with Gasteiger partial charge in [-0.25, -0.2) is 0 Å². The molecule has 3 rings (SSSR count). The van der Waals surface area contributed by atoms with Gasteiger partial charge in [-0.1, -0.05) is 50.2 Å². The van der Waals surface area contributed by atoms with E-state index in [1.807, 2.05) is 59.5 Å². The summed E-state index contributed by atoms with van der Waals surface area (Å²) in [6.45, 7) is 7.28. The van der Waals surface area contributed by atoms with E-state index in [0.717, 1.165) is 24.2 Å². The molecule has 1 fully saturated rings. The maximum Gasteiger partial charge on any atom is 0.260 e. The second kappa shape index (κ2) is 9.59. The van der Waals surface area contributed by atoms with Gasteiger partial charge >= 0.3 is 0 Å². The van der Waals surface area contributed by atoms with Crippen molar-refractivity contribution in [3.8, 4) is 5.75 Å². The Labute approximate surface area is 173 Å². The zero-order valence-electron chi connectivity index (χ0n) is 17.4. The van der Waals surface area contributed by atoms with E-state index in [-0.39, 0.29) is 17.9 Å². The van der Waals surface area contributed by atoms with Gasteiger partial charge in [0.2, 0.25) is 0 Å². The first kappa shape index (κ1) is 20.9. The van der Waals surface area contributed by atoms with Gasteiger partial charge < -0.3 is 15.0 Å². The summed E-state index contributed by atoms with van der Waals surface area (Å²) >= 11 is 0. The standard InChI is InChI=1S/C24H30N2O3/c1-17(2)21-11-7-8-12-22(21)29-18(3)23(27)25-20-13-15-26(16-14-20)24(28)19-9-5-4-6-10-19/h4-12,17-18,20H,13-16H2,1-3H3,(H,25,27). The highest BCUT2D eigenvalue weighted by Gasteiger charge is 2.26. The van der Waals surface area contributed by atoms with Gasteiger partial charge in [0, 0.05) is 24.7 Å². The number of amides is 2. The maximum atomic E-state index is 12.6. The van der Waals surface area contributed by atoms with Crippen LogP contribution in [0.2, 0.25) is 0 Å². The third-order valence-electron chi connectivity index (χ3n) is 5.36. The second-order valence-corrected chi connectivity index (χ2v) is 7.89. The fraction of sp³-hybridized carbons (Fsp3) is 0.417. The van der Waals surface area contributed by atoms with Crippen molar-refractivity contribution >= 4 is 11.8 Å². The lowest BCUT2D eigenvalue weighted by Gasteiger charge is -2.33. The number of carbonyl (C=O) groups is 2. The molecule has 0 spiro atoms. The molecule has 2 aromatic carbocycles. The number of hydrogen-bond acceptors (Lipinski definition) is 3. The van der Waals surface area contributed by atoms with Crippen LogP contribution in [0.1, 0.15) is 55.5 Å². The lowest BCUT2D eigenvalue weighted by atomic mass is 10.0. The first-order chi connectivity index (χ1) is 14.0. The minimum atomic E-state index is -0.570. The van der Waals surface area contributed by atoms with E-state index in [1.165, 1.54) is 0 Å². The number of likely N-dealkylation sites (tertiary alicyclic amines) is 1. The number of nitrogens with one attached hydrogen (secondary N) is 1. The summed E-state index contributed by atoms with van der Waals surface area (Å²) in [6, 6.07) is 17.2. The SMILES string of the molecule is CC(Oc1ccccc1C(C)C)C(=O)NC1CCN(C(=O)c2ccccc2)CC1. The molecular weight excluding hydrogens is 364 g/mol. The smallest absolute Gasteiger partial charge is 0.260 e. The van der Waals surface area contributed by atoms with Crippen molar-refractivity contribution in [2.75, 3.05) is 13.1 Å². The van der Waals surface area contributed by atoms with Gasteiger partial charge in [-0.05, 0) is 49.4 Å². The summed E-state index contributed by atoms with van der Waals surface area (Å²) in [5.74, 6) is 1.02. The number of ether oxygens (including phenoxy) is 1. The third kappa shape index (κ3) is 5.37. The van der Waals surface area contributed by atoms with Crippen LogP contribution >= 0.6 is 0 Å². The first-order valence-corrected chi connectivity index (χ1v) is 10.4. The topological polar surface area (TPSA) is 58.6 Å². The summed E-state index contributed by atoms with van der Waals surface area (Å²) in [6.07, 6.45) is 0.929. The van der Waals surface area contributed by atoms with Crippen LogP contribution in [0.3, 0.4) is 0 Å². The van der Waals surface area contributed by atoms with E-state index in [0.29, 0.717) is 24.6 Å². The first-order valence-electron chi connectivity index (χ1n) is 10.4. The van der Waals surface area contributed by atoms with Gasteiger partial charge in [0.1, 0.15) is 5.75 Å². The monoisotopic (exact) mass is 394 g/mol. The molecule has 5 heteroatoms. The van der Waals surface area contributed by atoms with Crippen LogP contribution in [-0.4, -0.2) is 41.9 Å². The van der Waals surface area contributed by atoms with Crippen molar-refractivity contribution in [3.63, 3.8) is 0 Å². The molecule has 1 heterocycles. The number of nitrogens with zero attached hydrogens (tertiary/aromatic N) is 1. The number of benzene rings is 2. The van der Waals surface area contributed by atoms with Crippen molar-refractivity contribution in [3.05, 3.63) is 65.7 Å². The highest BCUT2D eigenvalue weighted by molar-refractivity contribution is 5.94. The second-order valence-electron chi connectivity index (χ2n) is 7.89. The van der Waals surface area contributed by atoms with E-state index in [2.05, 4.69) is 19.2 Å². The average molecular weight is 395 g/mol. The highest BCUT2D eigenvalue weighted by atomic mass is 16.5. The molecule has 2 aromatic rings. The molecule has 0 aromatic heterocycles. The summed E-state index contributed by atoms with van der Waals surface area (Å²) in [7, 11) is 0. The van der Waals surface area contributed by atoms with Gasteiger partial charge in [0.15, 0.2) is 6.10 Å². The minimum absolute atomic E-state index is 0.0531. The van der Waals surface area contributed by atoms with Crippen LogP contribution < -0.4 is 10.1 Å². The molecule has 29 heavy (non-hydrogen) atoms. The van der Waals surface area contributed by atoms with E-state index in [1.54, 1.807) is 6.92 Å². The largest absolute Gasteiger partial charge is 0.481 e. The Kier molecular flexibility index (Phi) is 6.91. The zero-order chi connectivity index (χ0) is 20.8. The Morgan fingerprint density at radius 2 is 1.59 bits per heavy atom. The van der Waals surface area contributed by atoms with Crippen LogP contribution in [0.25, 0.3) is 0 Å². The molecule has 0 bridgehead atoms. The molecule has 1 aliphatic rings. The molecule has 154 valence electrons. The van der Waals surface area contributed by atoms with Crippen molar-refractivity contribution in [2.45, 2.75) is 51.7 Å². The lowest BCUT2D eigenvalue weighted by molar-refractivity contribution is -0.128. The molecular formula is C24H30N2O3. The van der Waals surface area contributed by atoms with Gasteiger partial charge in [0.05, 0.1) is 0 Å². The number of piperidine rings is 1. The van der Waals surface area contributed by atoms with Gasteiger partial charge in [0.25, 0.3) is 11.8 Å². The maximum absolute atomic E-state index is 12.6. The molecule has 0 saturated carbocycles. The molecule has 1 aliphatic heterocycles. The Morgan fingerprint density at radius 3 is 2.24 bits per heavy atom. The Bertz CT molecular complexity index is 827. The summed E-state index contributed by atoms with van der Waals surface area (Å²) in [5, 5.41) is 3.08. The predicted octanol–water partition coefficient (Wildman–Crippen LogP) is 4.00. The van der Waals surface area contributed by atoms with E-state index >= 15 is 0 Å². The molecule has 0 radical (unpaired) electrons. The average Bonchev–Trinajstić information content (AvgIpc) is 2.74. The van der Waals surface area contributed by atoms with E-state index < -0.39 is 6.10 Å².